The zero-order valence-electron chi connectivity index (χ0n) is 19.5. The SMILES string of the molecule is CC(C)C(=O)C(=O)N1CCN(C(=O)c2cc(Cc3n[nH]c(=O)c4c3CCCC4)ccc2F)CC1. The number of aromatic amines is 1. The van der Waals surface area contributed by atoms with Crippen LogP contribution in [0.1, 0.15) is 59.4 Å². The van der Waals surface area contributed by atoms with E-state index in [1.807, 2.05) is 0 Å². The molecule has 34 heavy (non-hydrogen) atoms. The fraction of sp³-hybridized carbons (Fsp3) is 0.480. The van der Waals surface area contributed by atoms with E-state index in [0.29, 0.717) is 6.42 Å². The van der Waals surface area contributed by atoms with Crippen molar-refractivity contribution in [2.24, 2.45) is 5.92 Å². The van der Waals surface area contributed by atoms with Crippen LogP contribution in [0.4, 0.5) is 4.39 Å². The van der Waals surface area contributed by atoms with Gasteiger partial charge in [-0.1, -0.05) is 19.9 Å². The van der Waals surface area contributed by atoms with Crippen LogP contribution in [-0.2, 0) is 28.9 Å². The molecule has 2 aromatic rings. The molecule has 0 unspecified atom stereocenters. The molecule has 0 bridgehead atoms. The summed E-state index contributed by atoms with van der Waals surface area (Å²) in [5.41, 5.74) is 3.03. The Morgan fingerprint density at radius 1 is 1.03 bits per heavy atom. The number of piperazine rings is 1. The summed E-state index contributed by atoms with van der Waals surface area (Å²) in [4.78, 5) is 52.4. The van der Waals surface area contributed by atoms with Crippen molar-refractivity contribution >= 4 is 17.6 Å². The first-order chi connectivity index (χ1) is 16.3. The molecule has 0 radical (unpaired) electrons. The van der Waals surface area contributed by atoms with Crippen LogP contribution in [0.2, 0.25) is 0 Å². The maximum absolute atomic E-state index is 14.6. The highest BCUT2D eigenvalue weighted by molar-refractivity contribution is 6.36. The lowest BCUT2D eigenvalue weighted by atomic mass is 9.90. The van der Waals surface area contributed by atoms with Crippen LogP contribution in [0.15, 0.2) is 23.0 Å². The summed E-state index contributed by atoms with van der Waals surface area (Å²) in [6.45, 7) is 4.28. The summed E-state index contributed by atoms with van der Waals surface area (Å²) in [5.74, 6) is -2.42. The van der Waals surface area contributed by atoms with Gasteiger partial charge in [-0.2, -0.15) is 5.10 Å². The predicted molar refractivity (Wildman–Crippen MR) is 123 cm³/mol. The van der Waals surface area contributed by atoms with Gasteiger partial charge in [0, 0.05) is 44.1 Å². The standard InChI is InChI=1S/C25H29FN4O4/c1-15(2)22(31)25(34)30-11-9-29(10-12-30)24(33)19-13-16(7-8-20(19)26)14-21-17-5-3-4-6-18(17)23(32)28-27-21/h7-8,13,15H,3-6,9-12,14H2,1-2H3,(H,28,32). The van der Waals surface area contributed by atoms with Crippen molar-refractivity contribution in [3.05, 3.63) is 62.3 Å². The third-order valence-corrected chi connectivity index (χ3v) is 6.60. The van der Waals surface area contributed by atoms with E-state index < -0.39 is 23.4 Å². The number of Topliss-reactive ketones (excluding diaryl/α,β-unsaturated/α-hetero) is 1. The number of rotatable bonds is 5. The minimum Gasteiger partial charge on any atom is -0.335 e. The second-order valence-electron chi connectivity index (χ2n) is 9.26. The van der Waals surface area contributed by atoms with E-state index in [9.17, 15) is 23.6 Å². The minimum absolute atomic E-state index is 0.0335. The molecule has 0 atom stereocenters. The lowest BCUT2D eigenvalue weighted by Crippen LogP contribution is -2.52. The topological polar surface area (TPSA) is 103 Å². The Labute approximate surface area is 197 Å². The van der Waals surface area contributed by atoms with E-state index in [1.54, 1.807) is 26.0 Å². The molecule has 1 saturated heterocycles. The van der Waals surface area contributed by atoms with Gasteiger partial charge < -0.3 is 9.80 Å². The average Bonchev–Trinajstić information content (AvgIpc) is 2.85. The molecule has 2 aliphatic rings. The number of nitrogens with one attached hydrogen (secondary N) is 1. The number of hydrogen-bond donors (Lipinski definition) is 1. The molecule has 2 heterocycles. The Balaban J connectivity index is 1.48. The predicted octanol–water partition coefficient (Wildman–Crippen LogP) is 1.89. The Morgan fingerprint density at radius 3 is 2.35 bits per heavy atom. The molecule has 2 amide bonds. The maximum Gasteiger partial charge on any atom is 0.290 e. The quantitative estimate of drug-likeness (QED) is 0.675. The van der Waals surface area contributed by atoms with Gasteiger partial charge in [-0.15, -0.1) is 0 Å². The van der Waals surface area contributed by atoms with Crippen molar-refractivity contribution in [3.63, 3.8) is 0 Å². The van der Waals surface area contributed by atoms with Gasteiger partial charge in [-0.3, -0.25) is 19.2 Å². The highest BCUT2D eigenvalue weighted by Gasteiger charge is 2.30. The molecule has 1 aliphatic carbocycles. The van der Waals surface area contributed by atoms with E-state index in [1.165, 1.54) is 15.9 Å². The first-order valence-electron chi connectivity index (χ1n) is 11.8. The molecule has 1 N–H and O–H groups in total. The van der Waals surface area contributed by atoms with Crippen LogP contribution in [0.5, 0.6) is 0 Å². The van der Waals surface area contributed by atoms with E-state index in [2.05, 4.69) is 10.2 Å². The van der Waals surface area contributed by atoms with Crippen molar-refractivity contribution < 1.29 is 18.8 Å². The highest BCUT2D eigenvalue weighted by Crippen LogP contribution is 2.23. The highest BCUT2D eigenvalue weighted by atomic mass is 19.1. The molecule has 8 nitrogen and oxygen atoms in total. The van der Waals surface area contributed by atoms with Crippen LogP contribution in [-0.4, -0.2) is 63.8 Å². The number of aromatic nitrogens is 2. The molecule has 0 saturated carbocycles. The number of carbonyl (C=O) groups is 3. The summed E-state index contributed by atoms with van der Waals surface area (Å²) < 4.78 is 14.6. The lowest BCUT2D eigenvalue weighted by molar-refractivity contribution is -0.147. The van der Waals surface area contributed by atoms with Gasteiger partial charge in [0.2, 0.25) is 5.78 Å². The molecule has 0 spiro atoms. The van der Waals surface area contributed by atoms with E-state index >= 15 is 0 Å². The zero-order valence-corrected chi connectivity index (χ0v) is 19.5. The smallest absolute Gasteiger partial charge is 0.290 e. The summed E-state index contributed by atoms with van der Waals surface area (Å²) in [7, 11) is 0. The van der Waals surface area contributed by atoms with Crippen LogP contribution in [0, 0.1) is 11.7 Å². The molecular formula is C25H29FN4O4. The third kappa shape index (κ3) is 4.78. The zero-order chi connectivity index (χ0) is 24.4. The molecule has 1 aromatic heterocycles. The second kappa shape index (κ2) is 9.87. The normalized spacial score (nSPS) is 15.9. The number of amides is 2. The van der Waals surface area contributed by atoms with Crippen LogP contribution in [0.25, 0.3) is 0 Å². The Morgan fingerprint density at radius 2 is 1.68 bits per heavy atom. The number of carbonyl (C=O) groups excluding carboxylic acids is 3. The number of fused-ring (bicyclic) bond motifs is 1. The lowest BCUT2D eigenvalue weighted by Gasteiger charge is -2.34. The van der Waals surface area contributed by atoms with Gasteiger partial charge >= 0.3 is 0 Å². The van der Waals surface area contributed by atoms with Gasteiger partial charge in [0.1, 0.15) is 5.82 Å². The maximum atomic E-state index is 14.6. The van der Waals surface area contributed by atoms with Crippen molar-refractivity contribution in [3.8, 4) is 0 Å². The van der Waals surface area contributed by atoms with E-state index in [0.717, 1.165) is 48.1 Å². The number of ketones is 1. The van der Waals surface area contributed by atoms with Crippen molar-refractivity contribution in [2.75, 3.05) is 26.2 Å². The fourth-order valence-electron chi connectivity index (χ4n) is 4.60. The van der Waals surface area contributed by atoms with Crippen LogP contribution in [0.3, 0.4) is 0 Å². The molecule has 4 rings (SSSR count). The number of benzene rings is 1. The van der Waals surface area contributed by atoms with Gasteiger partial charge in [0.25, 0.3) is 17.4 Å². The largest absolute Gasteiger partial charge is 0.335 e. The van der Waals surface area contributed by atoms with Gasteiger partial charge in [-0.05, 0) is 48.9 Å². The Hall–Kier alpha value is -3.36. The molecular weight excluding hydrogens is 439 g/mol. The minimum atomic E-state index is -0.612. The Kier molecular flexibility index (Phi) is 6.90. The first-order valence-corrected chi connectivity index (χ1v) is 11.8. The molecule has 1 fully saturated rings. The summed E-state index contributed by atoms with van der Waals surface area (Å²) >= 11 is 0. The number of hydrogen-bond acceptors (Lipinski definition) is 5. The average molecular weight is 469 g/mol. The van der Waals surface area contributed by atoms with Gasteiger partial charge in [-0.25, -0.2) is 9.49 Å². The monoisotopic (exact) mass is 468 g/mol. The Bertz CT molecular complexity index is 1180. The molecule has 180 valence electrons. The molecule has 9 heteroatoms. The summed E-state index contributed by atoms with van der Waals surface area (Å²) in [6.07, 6.45) is 3.87. The van der Waals surface area contributed by atoms with E-state index in [-0.39, 0.29) is 43.2 Å². The second-order valence-corrected chi connectivity index (χ2v) is 9.26. The number of H-pyrrole nitrogens is 1. The van der Waals surface area contributed by atoms with Crippen LogP contribution >= 0.6 is 0 Å². The summed E-state index contributed by atoms with van der Waals surface area (Å²) in [6, 6.07) is 4.45. The number of nitrogens with zero attached hydrogens (tertiary/aromatic N) is 3. The van der Waals surface area contributed by atoms with Crippen molar-refractivity contribution in [2.45, 2.75) is 46.0 Å². The fourth-order valence-corrected chi connectivity index (χ4v) is 4.60. The van der Waals surface area contributed by atoms with Crippen molar-refractivity contribution in [1.82, 2.24) is 20.0 Å². The molecule has 1 aliphatic heterocycles. The van der Waals surface area contributed by atoms with E-state index in [4.69, 9.17) is 0 Å². The van der Waals surface area contributed by atoms with Crippen LogP contribution < -0.4 is 5.56 Å². The molecule has 1 aromatic carbocycles. The third-order valence-electron chi connectivity index (χ3n) is 6.60. The first kappa shape index (κ1) is 23.8. The summed E-state index contributed by atoms with van der Waals surface area (Å²) in [5, 5.41) is 6.80. The number of halogens is 1. The van der Waals surface area contributed by atoms with Crippen molar-refractivity contribution in [1.29, 1.82) is 0 Å². The van der Waals surface area contributed by atoms with Gasteiger partial charge in [0.05, 0.1) is 11.3 Å². The van der Waals surface area contributed by atoms with Gasteiger partial charge in [0.15, 0.2) is 0 Å².